The van der Waals surface area contributed by atoms with Crippen LogP contribution in [-0.4, -0.2) is 17.9 Å². The number of rotatable bonds is 9. The number of carbonyl (C=O) groups is 1. The fraction of sp³-hybridized carbons (Fsp3) is 0.217. The predicted octanol–water partition coefficient (Wildman–Crippen LogP) is 5.18. The number of hydrogen-bond donors (Lipinski definition) is 0. The van der Waals surface area contributed by atoms with Gasteiger partial charge >= 0.3 is 0 Å². The molecule has 2 aromatic carbocycles. The van der Waals surface area contributed by atoms with E-state index in [0.717, 1.165) is 39.1 Å². The number of Topliss-reactive ketones (excluding diaryl/α,β-unsaturated/α-hetero) is 1. The predicted molar refractivity (Wildman–Crippen MR) is 113 cm³/mol. The number of carbonyl (C=O) groups excluding carboxylic acids is 1. The number of benzene rings is 2. The third-order valence-corrected chi connectivity index (χ3v) is 5.03. The van der Waals surface area contributed by atoms with Crippen LogP contribution in [0.3, 0.4) is 0 Å². The normalized spacial score (nSPS) is 10.5. The summed E-state index contributed by atoms with van der Waals surface area (Å²) >= 11 is 3.48. The fourth-order valence-electron chi connectivity index (χ4n) is 2.78. The maximum absolute atomic E-state index is 12.2. The summed E-state index contributed by atoms with van der Waals surface area (Å²) in [5, 5.41) is 0. The zero-order valence-electron chi connectivity index (χ0n) is 15.7. The van der Waals surface area contributed by atoms with Crippen molar-refractivity contribution in [2.24, 2.45) is 0 Å². The van der Waals surface area contributed by atoms with Crippen LogP contribution < -0.4 is 9.47 Å². The Morgan fingerprint density at radius 1 is 1.04 bits per heavy atom. The number of pyridine rings is 1. The first-order valence-electron chi connectivity index (χ1n) is 9.09. The molecule has 0 aliphatic heterocycles. The van der Waals surface area contributed by atoms with Gasteiger partial charge in [-0.15, -0.1) is 0 Å². The molecule has 0 saturated carbocycles. The molecular weight excluding hydrogens is 418 g/mol. The molecule has 0 fully saturated rings. The maximum Gasteiger partial charge on any atom is 0.137 e. The van der Waals surface area contributed by atoms with E-state index in [1.807, 2.05) is 60.8 Å². The van der Waals surface area contributed by atoms with Crippen molar-refractivity contribution in [3.8, 4) is 11.5 Å². The van der Waals surface area contributed by atoms with Crippen LogP contribution >= 0.6 is 15.9 Å². The Labute approximate surface area is 173 Å². The summed E-state index contributed by atoms with van der Waals surface area (Å²) in [6, 6.07) is 17.5. The van der Waals surface area contributed by atoms with E-state index in [2.05, 4.69) is 20.9 Å². The maximum atomic E-state index is 12.2. The zero-order chi connectivity index (χ0) is 19.8. The third kappa shape index (κ3) is 5.92. The second kappa shape index (κ2) is 10.0. The Hall–Kier alpha value is -2.66. The summed E-state index contributed by atoms with van der Waals surface area (Å²) in [6.45, 7) is 0.445. The van der Waals surface area contributed by atoms with Gasteiger partial charge in [0.1, 0.15) is 23.9 Å². The van der Waals surface area contributed by atoms with Crippen molar-refractivity contribution in [2.45, 2.75) is 25.9 Å². The molecule has 28 heavy (non-hydrogen) atoms. The highest BCUT2D eigenvalue weighted by Gasteiger charge is 2.07. The van der Waals surface area contributed by atoms with Crippen LogP contribution in [0.4, 0.5) is 0 Å². The summed E-state index contributed by atoms with van der Waals surface area (Å²) in [6.07, 6.45) is 5.25. The summed E-state index contributed by atoms with van der Waals surface area (Å²) in [4.78, 5) is 16.3. The van der Waals surface area contributed by atoms with Crippen molar-refractivity contribution in [3.05, 3.63) is 88.2 Å². The summed E-state index contributed by atoms with van der Waals surface area (Å²) in [7, 11) is 1.63. The summed E-state index contributed by atoms with van der Waals surface area (Å²) in [5.41, 5.74) is 3.15. The quantitative estimate of drug-likeness (QED) is 0.460. The topological polar surface area (TPSA) is 48.4 Å². The Balaban J connectivity index is 1.50. The number of ketones is 1. The first-order chi connectivity index (χ1) is 13.6. The van der Waals surface area contributed by atoms with Gasteiger partial charge in [-0.05, 0) is 57.2 Å². The van der Waals surface area contributed by atoms with E-state index in [1.54, 1.807) is 13.3 Å². The minimum atomic E-state index is 0.230. The highest BCUT2D eigenvalue weighted by Crippen LogP contribution is 2.30. The van der Waals surface area contributed by atoms with Crippen LogP contribution in [0.2, 0.25) is 0 Å². The van der Waals surface area contributed by atoms with E-state index < -0.39 is 0 Å². The molecule has 1 aromatic heterocycles. The molecule has 0 amide bonds. The van der Waals surface area contributed by atoms with Gasteiger partial charge in [-0.2, -0.15) is 0 Å². The van der Waals surface area contributed by atoms with Gasteiger partial charge in [0.2, 0.25) is 0 Å². The Bertz CT molecular complexity index is 911. The first-order valence-corrected chi connectivity index (χ1v) is 9.88. The zero-order valence-corrected chi connectivity index (χ0v) is 17.3. The van der Waals surface area contributed by atoms with E-state index in [4.69, 9.17) is 9.47 Å². The molecule has 0 spiro atoms. The van der Waals surface area contributed by atoms with E-state index in [-0.39, 0.29) is 5.78 Å². The Kier molecular flexibility index (Phi) is 7.20. The molecule has 0 aliphatic rings. The molecule has 0 aliphatic carbocycles. The first kappa shape index (κ1) is 20.1. The van der Waals surface area contributed by atoms with E-state index in [1.165, 1.54) is 0 Å². The van der Waals surface area contributed by atoms with Crippen molar-refractivity contribution < 1.29 is 14.3 Å². The van der Waals surface area contributed by atoms with Gasteiger partial charge in [0.25, 0.3) is 0 Å². The number of halogens is 1. The van der Waals surface area contributed by atoms with Crippen molar-refractivity contribution in [2.75, 3.05) is 7.11 Å². The van der Waals surface area contributed by atoms with Crippen LogP contribution in [0.5, 0.6) is 11.5 Å². The molecule has 0 atom stereocenters. The SMILES string of the molecule is COc1ccc(Br)c(OCc2ccc(CC(=O)CCc3cccnc3)cc2)c1. The minimum absolute atomic E-state index is 0.230. The molecule has 1 heterocycles. The Morgan fingerprint density at radius 2 is 1.82 bits per heavy atom. The minimum Gasteiger partial charge on any atom is -0.497 e. The number of aryl methyl sites for hydroxylation is 1. The highest BCUT2D eigenvalue weighted by molar-refractivity contribution is 9.10. The largest absolute Gasteiger partial charge is 0.497 e. The van der Waals surface area contributed by atoms with Gasteiger partial charge in [0.05, 0.1) is 11.6 Å². The van der Waals surface area contributed by atoms with Gasteiger partial charge in [0.15, 0.2) is 0 Å². The van der Waals surface area contributed by atoms with Crippen molar-refractivity contribution in [1.29, 1.82) is 0 Å². The van der Waals surface area contributed by atoms with Gasteiger partial charge < -0.3 is 9.47 Å². The number of methoxy groups -OCH3 is 1. The van der Waals surface area contributed by atoms with Gasteiger partial charge in [-0.3, -0.25) is 9.78 Å². The monoisotopic (exact) mass is 439 g/mol. The second-order valence-corrected chi connectivity index (χ2v) is 7.33. The van der Waals surface area contributed by atoms with Crippen LogP contribution in [0.15, 0.2) is 71.5 Å². The molecule has 0 radical (unpaired) electrons. The number of aromatic nitrogens is 1. The second-order valence-electron chi connectivity index (χ2n) is 6.48. The molecule has 3 aromatic rings. The molecule has 4 nitrogen and oxygen atoms in total. The average Bonchev–Trinajstić information content (AvgIpc) is 2.73. The molecule has 3 rings (SSSR count). The smallest absolute Gasteiger partial charge is 0.137 e. The molecular formula is C23H22BrNO3. The molecule has 0 bridgehead atoms. The van der Waals surface area contributed by atoms with Gasteiger partial charge in [0, 0.05) is 31.3 Å². The number of nitrogens with zero attached hydrogens (tertiary/aromatic N) is 1. The van der Waals surface area contributed by atoms with E-state index in [9.17, 15) is 4.79 Å². The number of ether oxygens (including phenoxy) is 2. The lowest BCUT2D eigenvalue weighted by molar-refractivity contribution is -0.118. The summed E-state index contributed by atoms with van der Waals surface area (Å²) in [5.74, 6) is 1.71. The lowest BCUT2D eigenvalue weighted by atomic mass is 10.0. The number of hydrogen-bond acceptors (Lipinski definition) is 4. The van der Waals surface area contributed by atoms with E-state index in [0.29, 0.717) is 19.4 Å². The van der Waals surface area contributed by atoms with Gasteiger partial charge in [-0.25, -0.2) is 0 Å². The third-order valence-electron chi connectivity index (χ3n) is 4.37. The molecule has 0 saturated heterocycles. The Morgan fingerprint density at radius 3 is 2.54 bits per heavy atom. The standard InChI is InChI=1S/C23H22BrNO3/c1-27-21-10-11-22(24)23(14-21)28-16-19-6-4-17(5-7-19)13-20(26)9-8-18-3-2-12-25-15-18/h2-7,10-12,14-15H,8-9,13,16H2,1H3. The molecule has 5 heteroatoms. The lowest BCUT2D eigenvalue weighted by Gasteiger charge is -2.10. The van der Waals surface area contributed by atoms with E-state index >= 15 is 0 Å². The summed E-state index contributed by atoms with van der Waals surface area (Å²) < 4.78 is 12.0. The van der Waals surface area contributed by atoms with Crippen molar-refractivity contribution in [1.82, 2.24) is 4.98 Å². The van der Waals surface area contributed by atoms with Crippen LogP contribution in [0.25, 0.3) is 0 Å². The fourth-order valence-corrected chi connectivity index (χ4v) is 3.14. The van der Waals surface area contributed by atoms with Crippen LogP contribution in [0.1, 0.15) is 23.1 Å². The average molecular weight is 440 g/mol. The van der Waals surface area contributed by atoms with Crippen LogP contribution in [-0.2, 0) is 24.2 Å². The van der Waals surface area contributed by atoms with Crippen molar-refractivity contribution in [3.63, 3.8) is 0 Å². The molecule has 144 valence electrons. The molecule has 0 unspecified atom stereocenters. The van der Waals surface area contributed by atoms with Crippen LogP contribution in [0, 0.1) is 0 Å². The van der Waals surface area contributed by atoms with Crippen molar-refractivity contribution >= 4 is 21.7 Å². The van der Waals surface area contributed by atoms with Gasteiger partial charge in [-0.1, -0.05) is 30.3 Å². The lowest BCUT2D eigenvalue weighted by Crippen LogP contribution is -2.05. The highest BCUT2D eigenvalue weighted by atomic mass is 79.9. The molecule has 0 N–H and O–H groups in total.